The van der Waals surface area contributed by atoms with Gasteiger partial charge in [-0.25, -0.2) is 4.79 Å². The molecule has 1 aromatic rings. The van der Waals surface area contributed by atoms with Gasteiger partial charge >= 0.3 is 6.16 Å². The van der Waals surface area contributed by atoms with Crippen LogP contribution in [0.3, 0.4) is 0 Å². The van der Waals surface area contributed by atoms with Crippen molar-refractivity contribution in [1.82, 2.24) is 0 Å². The number of fused-ring (bicyclic) bond motifs is 1. The quantitative estimate of drug-likeness (QED) is 0.784. The second kappa shape index (κ2) is 4.19. The number of rotatable bonds is 3. The predicted molar refractivity (Wildman–Crippen MR) is 66.0 cm³/mol. The Labute approximate surface area is 110 Å². The van der Waals surface area contributed by atoms with Gasteiger partial charge in [0, 0.05) is 0 Å². The number of aryl methyl sites for hydroxylation is 1. The molecule has 1 atom stereocenters. The maximum atomic E-state index is 11.1. The normalized spacial score (nSPS) is 24.3. The van der Waals surface area contributed by atoms with Crippen molar-refractivity contribution < 1.29 is 23.7 Å². The number of carbonyl (C=O) groups is 1. The van der Waals surface area contributed by atoms with Gasteiger partial charge in [0.05, 0.1) is 0 Å². The molecule has 3 rings (SSSR count). The SMILES string of the molecule is C=C1OC(=O)O[C@@]1(C)CCc1ccc2c(c1)OCO2. The molecule has 2 aliphatic rings. The molecule has 0 unspecified atom stereocenters. The molecule has 1 aromatic carbocycles. The fourth-order valence-electron chi connectivity index (χ4n) is 2.14. The Kier molecular flexibility index (Phi) is 2.62. The molecular formula is C14H14O5. The van der Waals surface area contributed by atoms with Crippen molar-refractivity contribution in [3.63, 3.8) is 0 Å². The fourth-order valence-corrected chi connectivity index (χ4v) is 2.14. The Balaban J connectivity index is 1.69. The van der Waals surface area contributed by atoms with E-state index in [4.69, 9.17) is 18.9 Å². The van der Waals surface area contributed by atoms with E-state index >= 15 is 0 Å². The van der Waals surface area contributed by atoms with Crippen LogP contribution < -0.4 is 9.47 Å². The average molecular weight is 262 g/mol. The summed E-state index contributed by atoms with van der Waals surface area (Å²) in [5, 5.41) is 0. The maximum Gasteiger partial charge on any atom is 0.514 e. The van der Waals surface area contributed by atoms with E-state index in [9.17, 15) is 4.79 Å². The molecular weight excluding hydrogens is 248 g/mol. The Bertz CT molecular complexity index is 551. The molecule has 1 fully saturated rings. The van der Waals surface area contributed by atoms with Gasteiger partial charge in [-0.05, 0) is 37.5 Å². The van der Waals surface area contributed by atoms with Crippen LogP contribution in [0.1, 0.15) is 18.9 Å². The van der Waals surface area contributed by atoms with Crippen LogP contribution in [-0.4, -0.2) is 18.5 Å². The van der Waals surface area contributed by atoms with E-state index in [1.54, 1.807) is 6.92 Å². The molecule has 5 nitrogen and oxygen atoms in total. The minimum atomic E-state index is -0.756. The van der Waals surface area contributed by atoms with Crippen LogP contribution in [0.15, 0.2) is 30.5 Å². The third kappa shape index (κ3) is 2.12. The zero-order chi connectivity index (χ0) is 13.5. The summed E-state index contributed by atoms with van der Waals surface area (Å²) in [7, 11) is 0. The van der Waals surface area contributed by atoms with E-state index in [-0.39, 0.29) is 6.79 Å². The van der Waals surface area contributed by atoms with Crippen LogP contribution in [-0.2, 0) is 15.9 Å². The summed E-state index contributed by atoms with van der Waals surface area (Å²) in [6, 6.07) is 5.79. The molecule has 100 valence electrons. The van der Waals surface area contributed by atoms with Gasteiger partial charge in [-0.2, -0.15) is 0 Å². The molecule has 0 aromatic heterocycles. The molecule has 1 saturated heterocycles. The zero-order valence-corrected chi connectivity index (χ0v) is 10.6. The summed E-state index contributed by atoms with van der Waals surface area (Å²) in [6.07, 6.45) is 0.651. The summed E-state index contributed by atoms with van der Waals surface area (Å²) in [4.78, 5) is 11.1. The number of ether oxygens (including phenoxy) is 4. The first-order chi connectivity index (χ1) is 9.07. The van der Waals surface area contributed by atoms with Crippen molar-refractivity contribution in [2.45, 2.75) is 25.4 Å². The molecule has 2 heterocycles. The zero-order valence-electron chi connectivity index (χ0n) is 10.6. The van der Waals surface area contributed by atoms with E-state index in [1.165, 1.54) is 0 Å². The third-order valence-electron chi connectivity index (χ3n) is 3.43. The molecule has 2 aliphatic heterocycles. The van der Waals surface area contributed by atoms with Gasteiger partial charge in [-0.3, -0.25) is 0 Å². The van der Waals surface area contributed by atoms with Crippen LogP contribution in [0.2, 0.25) is 0 Å². The van der Waals surface area contributed by atoms with Crippen molar-refractivity contribution in [2.24, 2.45) is 0 Å². The first-order valence-corrected chi connectivity index (χ1v) is 6.05. The van der Waals surface area contributed by atoms with Crippen LogP contribution in [0.5, 0.6) is 11.5 Å². The largest absolute Gasteiger partial charge is 0.514 e. The molecule has 0 radical (unpaired) electrons. The van der Waals surface area contributed by atoms with Crippen LogP contribution in [0.4, 0.5) is 4.79 Å². The average Bonchev–Trinajstić information content (AvgIpc) is 2.92. The van der Waals surface area contributed by atoms with Crippen LogP contribution >= 0.6 is 0 Å². The second-order valence-electron chi connectivity index (χ2n) is 4.80. The van der Waals surface area contributed by atoms with Crippen molar-refractivity contribution >= 4 is 6.16 Å². The number of hydrogen-bond donors (Lipinski definition) is 0. The second-order valence-corrected chi connectivity index (χ2v) is 4.80. The third-order valence-corrected chi connectivity index (χ3v) is 3.43. The molecule has 0 spiro atoms. The topological polar surface area (TPSA) is 54.0 Å². The highest BCUT2D eigenvalue weighted by Crippen LogP contribution is 2.36. The molecule has 0 N–H and O–H groups in total. The van der Waals surface area contributed by atoms with Crippen molar-refractivity contribution in [3.05, 3.63) is 36.1 Å². The summed E-state index contributed by atoms with van der Waals surface area (Å²) in [5.41, 5.74) is 0.328. The lowest BCUT2D eigenvalue weighted by Gasteiger charge is -2.20. The number of benzene rings is 1. The highest BCUT2D eigenvalue weighted by atomic mass is 16.8. The van der Waals surface area contributed by atoms with Gasteiger partial charge in [0.1, 0.15) is 5.76 Å². The number of hydrogen-bond acceptors (Lipinski definition) is 5. The highest BCUT2D eigenvalue weighted by molar-refractivity contribution is 5.66. The van der Waals surface area contributed by atoms with E-state index in [1.807, 2.05) is 18.2 Å². The van der Waals surface area contributed by atoms with Gasteiger partial charge in [-0.1, -0.05) is 12.6 Å². The van der Waals surface area contributed by atoms with Crippen LogP contribution in [0, 0.1) is 0 Å². The number of carbonyl (C=O) groups excluding carboxylic acids is 1. The minimum Gasteiger partial charge on any atom is -0.454 e. The molecule has 5 heteroatoms. The van der Waals surface area contributed by atoms with Crippen LogP contribution in [0.25, 0.3) is 0 Å². The Morgan fingerprint density at radius 2 is 2.11 bits per heavy atom. The summed E-state index contributed by atoms with van der Waals surface area (Å²) in [6.45, 7) is 5.78. The van der Waals surface area contributed by atoms with Crippen molar-refractivity contribution in [1.29, 1.82) is 0 Å². The Morgan fingerprint density at radius 1 is 1.32 bits per heavy atom. The lowest BCUT2D eigenvalue weighted by molar-refractivity contribution is 0.0717. The standard InChI is InChI=1S/C14H14O5/c1-9-14(2,19-13(15)18-9)6-5-10-3-4-11-12(7-10)17-8-16-11/h3-4,7H,1,5-6,8H2,2H3/t14-/m0/s1. The van der Waals surface area contributed by atoms with E-state index in [2.05, 4.69) is 6.58 Å². The van der Waals surface area contributed by atoms with Gasteiger partial charge in [0.15, 0.2) is 17.1 Å². The first kappa shape index (κ1) is 11.9. The summed E-state index contributed by atoms with van der Waals surface area (Å²) < 4.78 is 20.6. The van der Waals surface area contributed by atoms with E-state index in [0.717, 1.165) is 23.5 Å². The monoisotopic (exact) mass is 262 g/mol. The predicted octanol–water partition coefficient (Wildman–Crippen LogP) is 2.79. The first-order valence-electron chi connectivity index (χ1n) is 6.05. The van der Waals surface area contributed by atoms with Gasteiger partial charge in [0.25, 0.3) is 0 Å². The maximum absolute atomic E-state index is 11.1. The Hall–Kier alpha value is -2.17. The van der Waals surface area contributed by atoms with E-state index in [0.29, 0.717) is 12.2 Å². The summed E-state index contributed by atoms with van der Waals surface area (Å²) >= 11 is 0. The fraction of sp³-hybridized carbons (Fsp3) is 0.357. The lowest BCUT2D eigenvalue weighted by Crippen LogP contribution is -2.26. The van der Waals surface area contributed by atoms with E-state index < -0.39 is 11.8 Å². The van der Waals surface area contributed by atoms with Gasteiger partial charge in [-0.15, -0.1) is 0 Å². The smallest absolute Gasteiger partial charge is 0.454 e. The van der Waals surface area contributed by atoms with Crippen molar-refractivity contribution in [3.8, 4) is 11.5 Å². The summed E-state index contributed by atoms with van der Waals surface area (Å²) in [5.74, 6) is 1.87. The molecule has 0 amide bonds. The van der Waals surface area contributed by atoms with Gasteiger partial charge in [0.2, 0.25) is 6.79 Å². The minimum absolute atomic E-state index is 0.263. The van der Waals surface area contributed by atoms with Gasteiger partial charge < -0.3 is 18.9 Å². The van der Waals surface area contributed by atoms with Crippen molar-refractivity contribution in [2.75, 3.05) is 6.79 Å². The Morgan fingerprint density at radius 3 is 2.84 bits per heavy atom. The molecule has 0 aliphatic carbocycles. The lowest BCUT2D eigenvalue weighted by atomic mass is 9.95. The number of cyclic esters (lactones) is 2. The molecule has 0 bridgehead atoms. The highest BCUT2D eigenvalue weighted by Gasteiger charge is 2.41. The molecule has 0 saturated carbocycles. The molecule has 19 heavy (non-hydrogen) atoms.